The SMILES string of the molecule is CCCC(O)Nc1ccc(N=Nc2ccccc2)c(C)c1. The van der Waals surface area contributed by atoms with Crippen molar-refractivity contribution in [2.45, 2.75) is 32.9 Å². The number of rotatable bonds is 6. The van der Waals surface area contributed by atoms with Crippen LogP contribution in [-0.2, 0) is 0 Å². The first-order chi connectivity index (χ1) is 10.2. The molecule has 2 aromatic carbocycles. The topological polar surface area (TPSA) is 57.0 Å². The van der Waals surface area contributed by atoms with Crippen molar-refractivity contribution in [3.63, 3.8) is 0 Å². The van der Waals surface area contributed by atoms with Gasteiger partial charge in [0.05, 0.1) is 11.4 Å². The number of aryl methyl sites for hydroxylation is 1. The molecule has 2 rings (SSSR count). The van der Waals surface area contributed by atoms with E-state index in [9.17, 15) is 5.11 Å². The molecule has 0 aliphatic carbocycles. The molecule has 0 fully saturated rings. The van der Waals surface area contributed by atoms with E-state index in [4.69, 9.17) is 0 Å². The van der Waals surface area contributed by atoms with E-state index in [2.05, 4.69) is 15.5 Å². The van der Waals surface area contributed by atoms with E-state index in [1.54, 1.807) is 0 Å². The van der Waals surface area contributed by atoms with Gasteiger partial charge in [-0.05, 0) is 49.2 Å². The van der Waals surface area contributed by atoms with Gasteiger partial charge in [0.1, 0.15) is 6.23 Å². The Bertz CT molecular complexity index is 596. The summed E-state index contributed by atoms with van der Waals surface area (Å²) >= 11 is 0. The molecule has 2 N–H and O–H groups in total. The lowest BCUT2D eigenvalue weighted by atomic mass is 10.2. The predicted molar refractivity (Wildman–Crippen MR) is 86.3 cm³/mol. The van der Waals surface area contributed by atoms with Crippen LogP contribution in [0.25, 0.3) is 0 Å². The van der Waals surface area contributed by atoms with Crippen molar-refractivity contribution in [2.75, 3.05) is 5.32 Å². The Hall–Kier alpha value is -2.20. The molecule has 110 valence electrons. The van der Waals surface area contributed by atoms with Crippen LogP contribution >= 0.6 is 0 Å². The van der Waals surface area contributed by atoms with E-state index in [0.29, 0.717) is 0 Å². The molecule has 4 heteroatoms. The normalized spacial score (nSPS) is 12.5. The predicted octanol–water partition coefficient (Wildman–Crippen LogP) is 4.94. The summed E-state index contributed by atoms with van der Waals surface area (Å²) in [7, 11) is 0. The second-order valence-electron chi connectivity index (χ2n) is 4.99. The second-order valence-corrected chi connectivity index (χ2v) is 4.99. The van der Waals surface area contributed by atoms with Crippen molar-refractivity contribution in [1.29, 1.82) is 0 Å². The van der Waals surface area contributed by atoms with Crippen LogP contribution in [0.4, 0.5) is 17.1 Å². The van der Waals surface area contributed by atoms with Crippen molar-refractivity contribution in [3.8, 4) is 0 Å². The van der Waals surface area contributed by atoms with Gasteiger partial charge in [0.15, 0.2) is 0 Å². The fourth-order valence-electron chi connectivity index (χ4n) is 2.00. The van der Waals surface area contributed by atoms with Gasteiger partial charge < -0.3 is 10.4 Å². The zero-order valence-corrected chi connectivity index (χ0v) is 12.5. The molecular weight excluding hydrogens is 262 g/mol. The highest BCUT2D eigenvalue weighted by molar-refractivity contribution is 5.56. The lowest BCUT2D eigenvalue weighted by molar-refractivity contribution is 0.192. The molecule has 0 aromatic heterocycles. The van der Waals surface area contributed by atoms with Crippen molar-refractivity contribution in [1.82, 2.24) is 0 Å². The Morgan fingerprint density at radius 3 is 2.52 bits per heavy atom. The number of anilines is 1. The van der Waals surface area contributed by atoms with Gasteiger partial charge >= 0.3 is 0 Å². The molecule has 4 nitrogen and oxygen atoms in total. The van der Waals surface area contributed by atoms with Crippen LogP contribution in [0.15, 0.2) is 58.8 Å². The third kappa shape index (κ3) is 4.68. The highest BCUT2D eigenvalue weighted by Gasteiger charge is 2.04. The third-order valence-corrected chi connectivity index (χ3v) is 3.12. The Kier molecular flexibility index (Phi) is 5.46. The van der Waals surface area contributed by atoms with E-state index in [1.165, 1.54) is 0 Å². The molecule has 0 amide bonds. The van der Waals surface area contributed by atoms with Crippen LogP contribution in [0.3, 0.4) is 0 Å². The summed E-state index contributed by atoms with van der Waals surface area (Å²) in [4.78, 5) is 0. The van der Waals surface area contributed by atoms with Crippen LogP contribution in [-0.4, -0.2) is 11.3 Å². The summed E-state index contributed by atoms with van der Waals surface area (Å²) in [5.41, 5.74) is 3.57. The van der Waals surface area contributed by atoms with Crippen molar-refractivity contribution in [2.24, 2.45) is 10.2 Å². The van der Waals surface area contributed by atoms with Crippen LogP contribution in [0.2, 0.25) is 0 Å². The molecule has 0 radical (unpaired) electrons. The van der Waals surface area contributed by atoms with Gasteiger partial charge in [0.2, 0.25) is 0 Å². The molecule has 0 heterocycles. The lowest BCUT2D eigenvalue weighted by Gasteiger charge is -2.14. The molecule has 0 spiro atoms. The maximum absolute atomic E-state index is 9.76. The van der Waals surface area contributed by atoms with Crippen molar-refractivity contribution < 1.29 is 5.11 Å². The number of nitrogens with zero attached hydrogens (tertiary/aromatic N) is 2. The maximum atomic E-state index is 9.76. The number of aliphatic hydroxyl groups is 1. The molecule has 0 saturated carbocycles. The van der Waals surface area contributed by atoms with E-state index >= 15 is 0 Å². The molecule has 0 aliphatic heterocycles. The molecule has 2 aromatic rings. The fourth-order valence-corrected chi connectivity index (χ4v) is 2.00. The summed E-state index contributed by atoms with van der Waals surface area (Å²) in [6, 6.07) is 15.4. The van der Waals surface area contributed by atoms with Crippen molar-refractivity contribution in [3.05, 3.63) is 54.1 Å². The van der Waals surface area contributed by atoms with E-state index < -0.39 is 6.23 Å². The van der Waals surface area contributed by atoms with Gasteiger partial charge in [-0.15, -0.1) is 0 Å². The van der Waals surface area contributed by atoms with Gasteiger partial charge in [-0.1, -0.05) is 31.5 Å². The number of nitrogens with one attached hydrogen (secondary N) is 1. The van der Waals surface area contributed by atoms with Gasteiger partial charge in [-0.3, -0.25) is 0 Å². The largest absolute Gasteiger partial charge is 0.374 e. The molecule has 0 saturated heterocycles. The molecule has 0 bridgehead atoms. The smallest absolute Gasteiger partial charge is 0.124 e. The maximum Gasteiger partial charge on any atom is 0.124 e. The lowest BCUT2D eigenvalue weighted by Crippen LogP contribution is -2.17. The standard InChI is InChI=1S/C17H21N3O/c1-3-7-17(21)18-15-10-11-16(13(2)12-15)20-19-14-8-5-4-6-9-14/h4-6,8-12,17-18,21H,3,7H2,1-2H3. The van der Waals surface area contributed by atoms with Crippen LogP contribution < -0.4 is 5.32 Å². The molecular formula is C17H21N3O. The Balaban J connectivity index is 2.07. The quantitative estimate of drug-likeness (QED) is 0.582. The summed E-state index contributed by atoms with van der Waals surface area (Å²) in [6.07, 6.45) is 1.16. The van der Waals surface area contributed by atoms with E-state index in [-0.39, 0.29) is 0 Å². The summed E-state index contributed by atoms with van der Waals surface area (Å²) in [5.74, 6) is 0. The van der Waals surface area contributed by atoms with E-state index in [0.717, 1.165) is 35.5 Å². The van der Waals surface area contributed by atoms with Gasteiger partial charge in [0.25, 0.3) is 0 Å². The average molecular weight is 283 g/mol. The van der Waals surface area contributed by atoms with Crippen LogP contribution in [0, 0.1) is 6.92 Å². The fraction of sp³-hybridized carbons (Fsp3) is 0.294. The minimum absolute atomic E-state index is 0.508. The van der Waals surface area contributed by atoms with Crippen molar-refractivity contribution >= 4 is 17.1 Å². The van der Waals surface area contributed by atoms with Crippen LogP contribution in [0.5, 0.6) is 0 Å². The molecule has 21 heavy (non-hydrogen) atoms. The number of benzene rings is 2. The monoisotopic (exact) mass is 283 g/mol. The highest BCUT2D eigenvalue weighted by Crippen LogP contribution is 2.25. The van der Waals surface area contributed by atoms with Crippen LogP contribution in [0.1, 0.15) is 25.3 Å². The summed E-state index contributed by atoms with van der Waals surface area (Å²) in [6.45, 7) is 4.03. The number of aliphatic hydroxyl groups excluding tert-OH is 1. The second kappa shape index (κ2) is 7.55. The third-order valence-electron chi connectivity index (χ3n) is 3.12. The highest BCUT2D eigenvalue weighted by atomic mass is 16.3. The first kappa shape index (κ1) is 15.2. The average Bonchev–Trinajstić information content (AvgIpc) is 2.48. The minimum Gasteiger partial charge on any atom is -0.374 e. The van der Waals surface area contributed by atoms with E-state index in [1.807, 2.05) is 62.4 Å². The Morgan fingerprint density at radius 2 is 1.86 bits per heavy atom. The Labute approximate surface area is 125 Å². The van der Waals surface area contributed by atoms with Gasteiger partial charge in [-0.2, -0.15) is 10.2 Å². The minimum atomic E-state index is -0.508. The zero-order chi connectivity index (χ0) is 15.1. The summed E-state index contributed by atoms with van der Waals surface area (Å²) in [5, 5.41) is 21.3. The number of hydrogen-bond donors (Lipinski definition) is 2. The zero-order valence-electron chi connectivity index (χ0n) is 12.5. The summed E-state index contributed by atoms with van der Waals surface area (Å²) < 4.78 is 0. The number of azo groups is 1. The van der Waals surface area contributed by atoms with Gasteiger partial charge in [0, 0.05) is 5.69 Å². The first-order valence-corrected chi connectivity index (χ1v) is 7.21. The Morgan fingerprint density at radius 1 is 1.10 bits per heavy atom. The number of hydrogen-bond acceptors (Lipinski definition) is 4. The molecule has 1 unspecified atom stereocenters. The first-order valence-electron chi connectivity index (χ1n) is 7.21. The molecule has 1 atom stereocenters. The van der Waals surface area contributed by atoms with Gasteiger partial charge in [-0.25, -0.2) is 0 Å². The molecule has 0 aliphatic rings.